The lowest BCUT2D eigenvalue weighted by molar-refractivity contribution is -0.137. The molecule has 15 heavy (non-hydrogen) atoms. The SMILES string of the molecule is O=Cc1ccc(C#CCCCC(=O)O)o1. The minimum Gasteiger partial charge on any atom is -0.481 e. The van der Waals surface area contributed by atoms with Crippen LogP contribution in [0.2, 0.25) is 0 Å². The Kier molecular flexibility index (Phi) is 4.17. The van der Waals surface area contributed by atoms with Crippen molar-refractivity contribution in [3.63, 3.8) is 0 Å². The molecule has 1 rings (SSSR count). The van der Waals surface area contributed by atoms with Crippen LogP contribution in [0.15, 0.2) is 16.5 Å². The summed E-state index contributed by atoms with van der Waals surface area (Å²) in [4.78, 5) is 20.4. The molecule has 0 aliphatic heterocycles. The van der Waals surface area contributed by atoms with Crippen LogP contribution >= 0.6 is 0 Å². The van der Waals surface area contributed by atoms with Crippen LogP contribution in [0.3, 0.4) is 0 Å². The van der Waals surface area contributed by atoms with Crippen LogP contribution in [0.1, 0.15) is 35.6 Å². The molecule has 0 saturated heterocycles. The molecule has 0 unspecified atom stereocenters. The summed E-state index contributed by atoms with van der Waals surface area (Å²) in [7, 11) is 0. The number of hydrogen-bond acceptors (Lipinski definition) is 3. The van der Waals surface area contributed by atoms with Gasteiger partial charge in [0.2, 0.25) is 0 Å². The molecule has 0 amide bonds. The van der Waals surface area contributed by atoms with Gasteiger partial charge in [-0.1, -0.05) is 5.92 Å². The normalized spacial score (nSPS) is 9.07. The Morgan fingerprint density at radius 2 is 2.33 bits per heavy atom. The van der Waals surface area contributed by atoms with Gasteiger partial charge in [-0.3, -0.25) is 9.59 Å². The smallest absolute Gasteiger partial charge is 0.303 e. The molecule has 1 aromatic rings. The van der Waals surface area contributed by atoms with Gasteiger partial charge in [0.15, 0.2) is 17.8 Å². The molecule has 4 heteroatoms. The second-order valence-electron chi connectivity index (χ2n) is 2.87. The third kappa shape index (κ3) is 4.14. The van der Waals surface area contributed by atoms with E-state index in [2.05, 4.69) is 11.8 Å². The van der Waals surface area contributed by atoms with Gasteiger partial charge in [0, 0.05) is 12.8 Å². The highest BCUT2D eigenvalue weighted by atomic mass is 16.4. The molecule has 0 spiro atoms. The number of carbonyl (C=O) groups is 2. The third-order valence-electron chi connectivity index (χ3n) is 1.65. The lowest BCUT2D eigenvalue weighted by Gasteiger charge is -1.87. The molecule has 0 radical (unpaired) electrons. The standard InChI is InChI=1S/C11H10O4/c12-8-10-7-6-9(15-10)4-2-1-3-5-11(13)14/h6-8H,1,3,5H2,(H,13,14). The molecule has 0 bridgehead atoms. The summed E-state index contributed by atoms with van der Waals surface area (Å²) in [5, 5.41) is 8.36. The van der Waals surface area contributed by atoms with Crippen LogP contribution < -0.4 is 0 Å². The van der Waals surface area contributed by atoms with Gasteiger partial charge in [-0.05, 0) is 24.5 Å². The largest absolute Gasteiger partial charge is 0.481 e. The first-order chi connectivity index (χ1) is 7.22. The second-order valence-corrected chi connectivity index (χ2v) is 2.87. The van der Waals surface area contributed by atoms with E-state index in [1.54, 1.807) is 6.07 Å². The van der Waals surface area contributed by atoms with Crippen LogP contribution in [0, 0.1) is 11.8 Å². The van der Waals surface area contributed by atoms with Crippen LogP contribution in [-0.2, 0) is 4.79 Å². The van der Waals surface area contributed by atoms with Crippen LogP contribution in [0.25, 0.3) is 0 Å². The van der Waals surface area contributed by atoms with E-state index in [0.717, 1.165) is 0 Å². The Hall–Kier alpha value is -2.02. The van der Waals surface area contributed by atoms with Gasteiger partial charge in [-0.2, -0.15) is 0 Å². The fraction of sp³-hybridized carbons (Fsp3) is 0.273. The summed E-state index contributed by atoms with van der Waals surface area (Å²) >= 11 is 0. The zero-order chi connectivity index (χ0) is 11.1. The molecule has 0 aliphatic rings. The van der Waals surface area contributed by atoms with Gasteiger partial charge >= 0.3 is 5.97 Å². The average molecular weight is 206 g/mol. The van der Waals surface area contributed by atoms with Crippen molar-refractivity contribution in [1.82, 2.24) is 0 Å². The van der Waals surface area contributed by atoms with E-state index in [4.69, 9.17) is 9.52 Å². The highest BCUT2D eigenvalue weighted by molar-refractivity contribution is 5.70. The van der Waals surface area contributed by atoms with Gasteiger partial charge in [0.05, 0.1) is 0 Å². The number of aldehydes is 1. The molecular formula is C11H10O4. The van der Waals surface area contributed by atoms with Crippen LogP contribution in [0.5, 0.6) is 0 Å². The maximum atomic E-state index is 10.3. The predicted octanol–water partition coefficient (Wildman–Crippen LogP) is 1.70. The van der Waals surface area contributed by atoms with Gasteiger partial charge < -0.3 is 9.52 Å². The van der Waals surface area contributed by atoms with Crippen molar-refractivity contribution in [1.29, 1.82) is 0 Å². The average Bonchev–Trinajstić information content (AvgIpc) is 2.65. The van der Waals surface area contributed by atoms with E-state index in [-0.39, 0.29) is 12.2 Å². The maximum absolute atomic E-state index is 10.3. The zero-order valence-electron chi connectivity index (χ0n) is 8.03. The monoisotopic (exact) mass is 206 g/mol. The third-order valence-corrected chi connectivity index (χ3v) is 1.65. The molecule has 0 aromatic carbocycles. The zero-order valence-corrected chi connectivity index (χ0v) is 8.03. The van der Waals surface area contributed by atoms with Crippen LogP contribution in [-0.4, -0.2) is 17.4 Å². The first-order valence-corrected chi connectivity index (χ1v) is 4.48. The van der Waals surface area contributed by atoms with E-state index in [1.807, 2.05) is 0 Å². The minimum atomic E-state index is -0.821. The van der Waals surface area contributed by atoms with Gasteiger partial charge in [0.25, 0.3) is 0 Å². The summed E-state index contributed by atoms with van der Waals surface area (Å²) in [6, 6.07) is 3.14. The topological polar surface area (TPSA) is 67.5 Å². The fourth-order valence-electron chi connectivity index (χ4n) is 0.961. The number of carboxylic acid groups (broad SMARTS) is 1. The molecule has 1 aromatic heterocycles. The van der Waals surface area contributed by atoms with E-state index in [9.17, 15) is 9.59 Å². The Labute approximate surface area is 86.9 Å². The summed E-state index contributed by atoms with van der Waals surface area (Å²) < 4.78 is 5.00. The highest BCUT2D eigenvalue weighted by Gasteiger charge is 1.96. The van der Waals surface area contributed by atoms with Crippen LogP contribution in [0.4, 0.5) is 0 Å². The number of rotatable bonds is 4. The lowest BCUT2D eigenvalue weighted by Crippen LogP contribution is -1.92. The Morgan fingerprint density at radius 1 is 1.53 bits per heavy atom. The van der Waals surface area contributed by atoms with Crippen molar-refractivity contribution < 1.29 is 19.1 Å². The number of carboxylic acids is 1. The fourth-order valence-corrected chi connectivity index (χ4v) is 0.961. The van der Waals surface area contributed by atoms with Crippen molar-refractivity contribution in [2.24, 2.45) is 0 Å². The summed E-state index contributed by atoms with van der Waals surface area (Å²) in [5.41, 5.74) is 0. The number of unbranched alkanes of at least 4 members (excludes halogenated alkanes) is 1. The first kappa shape index (κ1) is 11.1. The van der Waals surface area contributed by atoms with E-state index >= 15 is 0 Å². The summed E-state index contributed by atoms with van der Waals surface area (Å²) in [5.74, 6) is 5.32. The van der Waals surface area contributed by atoms with Crippen molar-refractivity contribution in [3.05, 3.63) is 23.7 Å². The maximum Gasteiger partial charge on any atom is 0.303 e. The molecule has 1 heterocycles. The molecule has 0 saturated carbocycles. The molecule has 0 fully saturated rings. The predicted molar refractivity (Wildman–Crippen MR) is 52.5 cm³/mol. The van der Waals surface area contributed by atoms with Crippen molar-refractivity contribution in [2.45, 2.75) is 19.3 Å². The molecular weight excluding hydrogens is 196 g/mol. The molecule has 0 aliphatic carbocycles. The van der Waals surface area contributed by atoms with E-state index in [1.165, 1.54) is 6.07 Å². The lowest BCUT2D eigenvalue weighted by atomic mass is 10.2. The second kappa shape index (κ2) is 5.66. The summed E-state index contributed by atoms with van der Waals surface area (Å²) in [6.45, 7) is 0. The number of hydrogen-bond donors (Lipinski definition) is 1. The molecule has 4 nitrogen and oxygen atoms in total. The van der Waals surface area contributed by atoms with Gasteiger partial charge in [0.1, 0.15) is 0 Å². The highest BCUT2D eigenvalue weighted by Crippen LogP contribution is 2.03. The van der Waals surface area contributed by atoms with Gasteiger partial charge in [-0.15, -0.1) is 0 Å². The Bertz CT molecular complexity index is 406. The minimum absolute atomic E-state index is 0.117. The Balaban J connectivity index is 2.37. The van der Waals surface area contributed by atoms with Crippen molar-refractivity contribution >= 4 is 12.3 Å². The number of furan rings is 1. The van der Waals surface area contributed by atoms with E-state index < -0.39 is 5.97 Å². The van der Waals surface area contributed by atoms with Crippen molar-refractivity contribution in [3.8, 4) is 11.8 Å². The van der Waals surface area contributed by atoms with E-state index in [0.29, 0.717) is 24.9 Å². The summed E-state index contributed by atoms with van der Waals surface area (Å²) in [6.07, 6.45) is 1.75. The quantitative estimate of drug-likeness (QED) is 0.462. The number of carbonyl (C=O) groups excluding carboxylic acids is 1. The number of aliphatic carboxylic acids is 1. The van der Waals surface area contributed by atoms with Crippen molar-refractivity contribution in [2.75, 3.05) is 0 Å². The first-order valence-electron chi connectivity index (χ1n) is 4.48. The molecule has 0 atom stereocenters. The molecule has 1 N–H and O–H groups in total. The Morgan fingerprint density at radius 3 is 2.93 bits per heavy atom. The molecule has 78 valence electrons. The van der Waals surface area contributed by atoms with Gasteiger partial charge in [-0.25, -0.2) is 0 Å².